The standard InChI is InChI=1S/C14H11Cl2N3O2/c15-10-5-9(6-11(16)12(10)17)19-14(21)8-3-1-7(2-4-8)13(18)20/h1-6H,17H2,(H2,18,20)(H,19,21). The van der Waals surface area contributed by atoms with E-state index in [4.69, 9.17) is 34.7 Å². The number of carbonyl (C=O) groups is 2. The summed E-state index contributed by atoms with van der Waals surface area (Å²) < 4.78 is 0. The highest BCUT2D eigenvalue weighted by atomic mass is 35.5. The fraction of sp³-hybridized carbons (Fsp3) is 0. The summed E-state index contributed by atoms with van der Waals surface area (Å²) in [7, 11) is 0. The smallest absolute Gasteiger partial charge is 0.255 e. The first-order chi connectivity index (χ1) is 9.88. The molecule has 0 radical (unpaired) electrons. The molecular weight excluding hydrogens is 313 g/mol. The lowest BCUT2D eigenvalue weighted by Gasteiger charge is -2.08. The van der Waals surface area contributed by atoms with Gasteiger partial charge in [0.2, 0.25) is 5.91 Å². The van der Waals surface area contributed by atoms with E-state index in [0.29, 0.717) is 16.8 Å². The summed E-state index contributed by atoms with van der Waals surface area (Å²) in [5.41, 5.74) is 12.1. The molecule has 0 spiro atoms. The lowest BCUT2D eigenvalue weighted by molar-refractivity contribution is 0.0995. The third kappa shape index (κ3) is 3.45. The molecule has 0 aliphatic heterocycles. The van der Waals surface area contributed by atoms with Crippen LogP contribution in [0, 0.1) is 0 Å². The van der Waals surface area contributed by atoms with E-state index in [1.807, 2.05) is 0 Å². The molecule has 2 aromatic carbocycles. The molecule has 0 atom stereocenters. The molecule has 0 aliphatic carbocycles. The number of amides is 2. The van der Waals surface area contributed by atoms with Gasteiger partial charge in [-0.1, -0.05) is 23.2 Å². The number of halogens is 2. The van der Waals surface area contributed by atoms with Gasteiger partial charge in [0, 0.05) is 16.8 Å². The van der Waals surface area contributed by atoms with Gasteiger partial charge in [-0.3, -0.25) is 9.59 Å². The SMILES string of the molecule is NC(=O)c1ccc(C(=O)Nc2cc(Cl)c(N)c(Cl)c2)cc1. The summed E-state index contributed by atoms with van der Waals surface area (Å²) >= 11 is 11.8. The molecular formula is C14H11Cl2N3O2. The van der Waals surface area contributed by atoms with E-state index in [-0.39, 0.29) is 21.6 Å². The molecule has 5 N–H and O–H groups in total. The van der Waals surface area contributed by atoms with Crippen LogP contribution in [-0.4, -0.2) is 11.8 Å². The topological polar surface area (TPSA) is 98.2 Å². The Morgan fingerprint density at radius 1 is 0.952 bits per heavy atom. The maximum Gasteiger partial charge on any atom is 0.255 e. The summed E-state index contributed by atoms with van der Waals surface area (Å²) in [6, 6.07) is 8.93. The summed E-state index contributed by atoms with van der Waals surface area (Å²) in [5.74, 6) is -0.929. The van der Waals surface area contributed by atoms with Crippen molar-refractivity contribution < 1.29 is 9.59 Å². The van der Waals surface area contributed by atoms with Gasteiger partial charge in [0.1, 0.15) is 0 Å². The van der Waals surface area contributed by atoms with Crippen LogP contribution >= 0.6 is 23.2 Å². The van der Waals surface area contributed by atoms with E-state index in [2.05, 4.69) is 5.32 Å². The minimum atomic E-state index is -0.556. The van der Waals surface area contributed by atoms with Crippen LogP contribution in [0.15, 0.2) is 36.4 Å². The monoisotopic (exact) mass is 323 g/mol. The minimum absolute atomic E-state index is 0.252. The molecule has 0 saturated heterocycles. The van der Waals surface area contributed by atoms with Crippen molar-refractivity contribution >= 4 is 46.4 Å². The Hall–Kier alpha value is -2.24. The van der Waals surface area contributed by atoms with Gasteiger partial charge in [0.25, 0.3) is 5.91 Å². The molecule has 2 amide bonds. The van der Waals surface area contributed by atoms with Crippen LogP contribution in [0.25, 0.3) is 0 Å². The van der Waals surface area contributed by atoms with Crippen LogP contribution in [0.3, 0.4) is 0 Å². The molecule has 21 heavy (non-hydrogen) atoms. The van der Waals surface area contributed by atoms with Crippen molar-refractivity contribution in [3.05, 3.63) is 57.6 Å². The third-order valence-electron chi connectivity index (χ3n) is 2.77. The predicted octanol–water partition coefficient (Wildman–Crippen LogP) is 2.93. The maximum atomic E-state index is 12.1. The Kier molecular flexibility index (Phi) is 4.35. The number of benzene rings is 2. The maximum absolute atomic E-state index is 12.1. The van der Waals surface area contributed by atoms with Gasteiger partial charge >= 0.3 is 0 Å². The second kappa shape index (κ2) is 6.03. The molecule has 0 heterocycles. The average molecular weight is 324 g/mol. The van der Waals surface area contributed by atoms with E-state index >= 15 is 0 Å². The predicted molar refractivity (Wildman–Crippen MR) is 83.8 cm³/mol. The second-order valence-electron chi connectivity index (χ2n) is 4.25. The van der Waals surface area contributed by atoms with E-state index in [0.717, 1.165) is 0 Å². The second-order valence-corrected chi connectivity index (χ2v) is 5.06. The first-order valence-electron chi connectivity index (χ1n) is 5.84. The van der Waals surface area contributed by atoms with Gasteiger partial charge in [-0.05, 0) is 36.4 Å². The van der Waals surface area contributed by atoms with E-state index in [9.17, 15) is 9.59 Å². The zero-order chi connectivity index (χ0) is 15.6. The Balaban J connectivity index is 2.20. The van der Waals surface area contributed by atoms with E-state index < -0.39 is 5.91 Å². The summed E-state index contributed by atoms with van der Waals surface area (Å²) in [4.78, 5) is 23.0. The number of hydrogen-bond acceptors (Lipinski definition) is 3. The Morgan fingerprint density at radius 3 is 1.90 bits per heavy atom. The van der Waals surface area contributed by atoms with Crippen molar-refractivity contribution in [3.8, 4) is 0 Å². The lowest BCUT2D eigenvalue weighted by atomic mass is 10.1. The molecule has 2 aromatic rings. The molecule has 0 aliphatic rings. The van der Waals surface area contributed by atoms with Crippen molar-refractivity contribution in [2.75, 3.05) is 11.1 Å². The molecule has 0 fully saturated rings. The minimum Gasteiger partial charge on any atom is -0.396 e. The lowest BCUT2D eigenvalue weighted by Crippen LogP contribution is -2.14. The van der Waals surface area contributed by atoms with Crippen molar-refractivity contribution in [2.24, 2.45) is 5.73 Å². The van der Waals surface area contributed by atoms with Gasteiger partial charge in [0.15, 0.2) is 0 Å². The highest BCUT2D eigenvalue weighted by Crippen LogP contribution is 2.31. The highest BCUT2D eigenvalue weighted by Gasteiger charge is 2.10. The fourth-order valence-corrected chi connectivity index (χ4v) is 2.13. The van der Waals surface area contributed by atoms with Gasteiger partial charge in [0.05, 0.1) is 15.7 Å². The van der Waals surface area contributed by atoms with Crippen LogP contribution in [0.1, 0.15) is 20.7 Å². The number of carbonyl (C=O) groups excluding carboxylic acids is 2. The number of anilines is 2. The average Bonchev–Trinajstić information content (AvgIpc) is 2.44. The number of nitrogens with one attached hydrogen (secondary N) is 1. The molecule has 0 unspecified atom stereocenters. The zero-order valence-corrected chi connectivity index (χ0v) is 12.2. The Morgan fingerprint density at radius 2 is 1.43 bits per heavy atom. The third-order valence-corrected chi connectivity index (χ3v) is 3.39. The van der Waals surface area contributed by atoms with Crippen molar-refractivity contribution in [3.63, 3.8) is 0 Å². The van der Waals surface area contributed by atoms with Crippen molar-refractivity contribution in [1.29, 1.82) is 0 Å². The van der Waals surface area contributed by atoms with Crippen molar-refractivity contribution in [1.82, 2.24) is 0 Å². The largest absolute Gasteiger partial charge is 0.396 e. The summed E-state index contributed by atoms with van der Waals surface area (Å²) in [6.45, 7) is 0. The van der Waals surface area contributed by atoms with E-state index in [1.54, 1.807) is 0 Å². The first kappa shape index (κ1) is 15.2. The zero-order valence-electron chi connectivity index (χ0n) is 10.7. The Bertz CT molecular complexity index is 692. The van der Waals surface area contributed by atoms with Crippen LogP contribution in [-0.2, 0) is 0 Å². The number of rotatable bonds is 3. The summed E-state index contributed by atoms with van der Waals surface area (Å²) in [6.07, 6.45) is 0. The molecule has 5 nitrogen and oxygen atoms in total. The Labute approximate surface area is 130 Å². The number of nitrogens with two attached hydrogens (primary N) is 2. The summed E-state index contributed by atoms with van der Waals surface area (Å²) in [5, 5.41) is 3.14. The quantitative estimate of drug-likeness (QED) is 0.757. The molecule has 108 valence electrons. The number of primary amides is 1. The van der Waals surface area contributed by atoms with Gasteiger partial charge in [-0.25, -0.2) is 0 Å². The van der Waals surface area contributed by atoms with E-state index in [1.165, 1.54) is 36.4 Å². The molecule has 0 aromatic heterocycles. The van der Waals surface area contributed by atoms with Crippen LogP contribution in [0.4, 0.5) is 11.4 Å². The number of nitrogen functional groups attached to an aromatic ring is 1. The molecule has 2 rings (SSSR count). The van der Waals surface area contributed by atoms with Crippen LogP contribution < -0.4 is 16.8 Å². The normalized spacial score (nSPS) is 10.2. The molecule has 0 saturated carbocycles. The van der Waals surface area contributed by atoms with Gasteiger partial charge in [-0.2, -0.15) is 0 Å². The van der Waals surface area contributed by atoms with Crippen molar-refractivity contribution in [2.45, 2.75) is 0 Å². The van der Waals surface area contributed by atoms with Crippen LogP contribution in [0.2, 0.25) is 10.0 Å². The van der Waals surface area contributed by atoms with Gasteiger partial charge in [-0.15, -0.1) is 0 Å². The fourth-order valence-electron chi connectivity index (χ4n) is 1.65. The van der Waals surface area contributed by atoms with Gasteiger partial charge < -0.3 is 16.8 Å². The highest BCUT2D eigenvalue weighted by molar-refractivity contribution is 6.39. The molecule has 0 bridgehead atoms. The first-order valence-corrected chi connectivity index (χ1v) is 6.60. The van der Waals surface area contributed by atoms with Crippen LogP contribution in [0.5, 0.6) is 0 Å². The number of hydrogen-bond donors (Lipinski definition) is 3. The molecule has 7 heteroatoms.